The largest absolute Gasteiger partial charge is 3.00 e. The summed E-state index contributed by atoms with van der Waals surface area (Å²) in [5.74, 6) is 0. The van der Waals surface area contributed by atoms with Crippen molar-refractivity contribution in [3.05, 3.63) is 279 Å². The van der Waals surface area contributed by atoms with Crippen LogP contribution in [0.1, 0.15) is 5.69 Å². The van der Waals surface area contributed by atoms with E-state index in [0.29, 0.717) is 0 Å². The van der Waals surface area contributed by atoms with Crippen LogP contribution >= 0.6 is 11.3 Å². The molecule has 4 heterocycles. The Hall–Kier alpha value is -9.29. The Bertz CT molecular complexity index is 4410. The van der Waals surface area contributed by atoms with Crippen LogP contribution < -0.4 is 0 Å². The van der Waals surface area contributed by atoms with Gasteiger partial charge in [-0.1, -0.05) is 178 Å². The fourth-order valence-corrected chi connectivity index (χ4v) is 12.1. The van der Waals surface area contributed by atoms with Gasteiger partial charge in [0, 0.05) is 44.0 Å². The third kappa shape index (κ3) is 9.47. The Kier molecular flexibility index (Phi) is 13.3. The van der Waals surface area contributed by atoms with Crippen molar-refractivity contribution in [2.75, 3.05) is 0 Å². The maximum Gasteiger partial charge on any atom is 3.00 e. The molecule has 0 radical (unpaired) electrons. The minimum absolute atomic E-state index is 0. The van der Waals surface area contributed by atoms with Crippen molar-refractivity contribution in [1.29, 1.82) is 0 Å². The van der Waals surface area contributed by atoms with Gasteiger partial charge in [-0.2, -0.15) is 0 Å². The Morgan fingerprint density at radius 2 is 0.797 bits per heavy atom. The van der Waals surface area contributed by atoms with Crippen molar-refractivity contribution in [1.82, 2.24) is 19.9 Å². The van der Waals surface area contributed by atoms with Gasteiger partial charge >= 0.3 is 20.1 Å². The molecule has 0 unspecified atom stereocenters. The summed E-state index contributed by atoms with van der Waals surface area (Å²) in [6.45, 7) is 2.04. The number of thiophene rings is 1. The number of rotatable bonds is 10. The van der Waals surface area contributed by atoms with Gasteiger partial charge in [0.15, 0.2) is 0 Å². The van der Waals surface area contributed by atoms with Gasteiger partial charge in [0.25, 0.3) is 0 Å². The molecule has 0 spiro atoms. The van der Waals surface area contributed by atoms with Crippen molar-refractivity contribution in [3.63, 3.8) is 0 Å². The molecule has 4 nitrogen and oxygen atoms in total. The first kappa shape index (κ1) is 49.3. The summed E-state index contributed by atoms with van der Waals surface area (Å²) in [4.78, 5) is 19.4. The molecule has 0 amide bonds. The predicted octanol–water partition coefficient (Wildman–Crippen LogP) is 19.2. The van der Waals surface area contributed by atoms with Crippen LogP contribution in [0.3, 0.4) is 0 Å². The van der Waals surface area contributed by atoms with Crippen LogP contribution in [-0.4, -0.2) is 19.9 Å². The van der Waals surface area contributed by atoms with Crippen molar-refractivity contribution < 1.29 is 20.1 Å². The normalized spacial score (nSPS) is 11.3. The molecule has 0 N–H and O–H groups in total. The fourth-order valence-electron chi connectivity index (χ4n) is 10.9. The third-order valence-corrected chi connectivity index (χ3v) is 15.8. The van der Waals surface area contributed by atoms with Gasteiger partial charge in [0.1, 0.15) is 0 Å². The zero-order valence-electron chi connectivity index (χ0n) is 42.8. The van der Waals surface area contributed by atoms with E-state index in [9.17, 15) is 0 Å². The van der Waals surface area contributed by atoms with Gasteiger partial charge in [-0.3, -0.25) is 9.97 Å². The number of fused-ring (bicyclic) bond motifs is 4. The van der Waals surface area contributed by atoms with Crippen molar-refractivity contribution in [2.45, 2.75) is 6.92 Å². The van der Waals surface area contributed by atoms with E-state index in [1.54, 1.807) is 0 Å². The molecule has 4 aromatic heterocycles. The Labute approximate surface area is 476 Å². The zero-order chi connectivity index (χ0) is 51.9. The predicted molar refractivity (Wildman–Crippen MR) is 324 cm³/mol. The zero-order valence-corrected chi connectivity index (χ0v) is 46.0. The number of hydrogen-bond acceptors (Lipinski definition) is 5. The minimum atomic E-state index is 0. The molecule has 0 atom stereocenters. The molecule has 79 heavy (non-hydrogen) atoms. The summed E-state index contributed by atoms with van der Waals surface area (Å²) in [5, 5.41) is 2.53. The number of benzene rings is 10. The van der Waals surface area contributed by atoms with Crippen molar-refractivity contribution in [3.8, 4) is 112 Å². The summed E-state index contributed by atoms with van der Waals surface area (Å²) in [6.07, 6.45) is 3.65. The van der Waals surface area contributed by atoms with Crippen LogP contribution in [0.2, 0.25) is 0 Å². The van der Waals surface area contributed by atoms with Crippen LogP contribution in [0, 0.1) is 25.1 Å². The van der Waals surface area contributed by atoms with Crippen LogP contribution in [0.4, 0.5) is 0 Å². The summed E-state index contributed by atoms with van der Waals surface area (Å²) in [6, 6.07) is 97.0. The summed E-state index contributed by atoms with van der Waals surface area (Å²) in [7, 11) is 0. The van der Waals surface area contributed by atoms with Crippen LogP contribution in [0.5, 0.6) is 0 Å². The molecule has 0 saturated carbocycles. The second-order valence-corrected chi connectivity index (χ2v) is 20.6. The molecule has 10 aromatic carbocycles. The number of hydrogen-bond donors (Lipinski definition) is 0. The van der Waals surface area contributed by atoms with Gasteiger partial charge in [0.2, 0.25) is 0 Å². The van der Waals surface area contributed by atoms with E-state index in [1.165, 1.54) is 20.2 Å². The average Bonchev–Trinajstić information content (AvgIpc) is 4.05. The summed E-state index contributed by atoms with van der Waals surface area (Å²) >= 11 is 1.83. The van der Waals surface area contributed by atoms with Gasteiger partial charge in [0.05, 0.1) is 11.0 Å². The first-order chi connectivity index (χ1) is 38.6. The topological polar surface area (TPSA) is 51.6 Å². The van der Waals surface area contributed by atoms with E-state index in [1.807, 2.05) is 91.3 Å². The fraction of sp³-hybridized carbons (Fsp3) is 0.0137. The molecule has 6 heteroatoms. The Morgan fingerprint density at radius 3 is 1.35 bits per heavy atom. The minimum Gasteiger partial charge on any atom is -0.305 e. The third-order valence-electron chi connectivity index (χ3n) is 14.7. The summed E-state index contributed by atoms with van der Waals surface area (Å²) < 4.78 is 2.52. The maximum atomic E-state index is 5.20. The SMILES string of the molecule is Cc1nc2ccccc2nc1-c1[c-]cc(-c2ccccc2-c2cc(-c3ccccc3-c3c[c-]c(-c4ccccn4)cc3)cc(-c3ccccc3-c3c[c-]c(-c4ccccn4)cc3)c2)c(-c2ccc3c(c2)sc2ccccc23)c1.[Ir+3]. The summed E-state index contributed by atoms with van der Waals surface area (Å²) in [5.41, 5.74) is 23.3. The smallest absolute Gasteiger partial charge is 0.305 e. The molecule has 14 rings (SSSR count). The first-order valence-corrected chi connectivity index (χ1v) is 26.9. The van der Waals surface area contributed by atoms with Gasteiger partial charge < -0.3 is 9.97 Å². The molecule has 0 bridgehead atoms. The number of pyridine rings is 2. The number of aryl methyl sites for hydroxylation is 1. The van der Waals surface area contributed by atoms with Gasteiger partial charge in [-0.15, -0.1) is 94.8 Å². The van der Waals surface area contributed by atoms with E-state index in [4.69, 9.17) is 9.97 Å². The second-order valence-electron chi connectivity index (χ2n) is 19.5. The van der Waals surface area contributed by atoms with Crippen LogP contribution in [0.15, 0.2) is 255 Å². The van der Waals surface area contributed by atoms with E-state index >= 15 is 0 Å². The van der Waals surface area contributed by atoms with Crippen LogP contribution in [-0.2, 0) is 20.1 Å². The van der Waals surface area contributed by atoms with E-state index in [2.05, 4.69) is 210 Å². The van der Waals surface area contributed by atoms with Gasteiger partial charge in [-0.25, -0.2) is 0 Å². The molecule has 0 aliphatic carbocycles. The quantitative estimate of drug-likeness (QED) is 0.128. The van der Waals surface area contributed by atoms with E-state index < -0.39 is 0 Å². The average molecular weight is 1200 g/mol. The maximum absolute atomic E-state index is 5.20. The molecule has 0 aliphatic rings. The Balaban J connectivity index is 0.00000591. The number of nitrogens with zero attached hydrogens (tertiary/aromatic N) is 4. The molecule has 0 fully saturated rings. The number of aromatic nitrogens is 4. The molecule has 0 saturated heterocycles. The molecular weight excluding hydrogens is 1160 g/mol. The van der Waals surface area contributed by atoms with E-state index in [-0.39, 0.29) is 20.1 Å². The van der Waals surface area contributed by atoms with E-state index in [0.717, 1.165) is 128 Å². The van der Waals surface area contributed by atoms with Crippen LogP contribution in [0.25, 0.3) is 143 Å². The van der Waals surface area contributed by atoms with Crippen molar-refractivity contribution >= 4 is 42.5 Å². The molecule has 372 valence electrons. The first-order valence-electron chi connectivity index (χ1n) is 26.1. The molecule has 0 aliphatic heterocycles. The Morgan fingerprint density at radius 1 is 0.329 bits per heavy atom. The monoisotopic (exact) mass is 1200 g/mol. The standard InChI is InChI=1S/C73H45N4S.Ir/c1-47-73(77-70-26-10-9-25-69(70)76-47)53-37-38-63(66(45-53)52-36-39-65-64-22-8-11-27-71(64)78-72(65)46-52)62-21-7-6-20-61(62)56-43-54(59-18-4-2-16-57(59)48-28-32-50(33-29-48)67-23-12-14-40-74-67)42-55(44-56)60-19-5-3-17-58(60)49-30-34-51(35-31-49)68-24-13-15-41-75-68;/h2-32,34,36,38-46H,1H3;/q-3;+3. The second kappa shape index (κ2) is 21.3. The molecule has 14 aromatic rings. The molecular formula is C73H45IrN4S. The van der Waals surface area contributed by atoms with Gasteiger partial charge in [-0.05, 0) is 112 Å². The number of para-hydroxylation sites is 2. The van der Waals surface area contributed by atoms with Crippen molar-refractivity contribution in [2.24, 2.45) is 0 Å².